The molecule has 0 aromatic heterocycles. The predicted octanol–water partition coefficient (Wildman–Crippen LogP) is 2.69. The molecule has 0 aromatic carbocycles. The molecule has 1 fully saturated rings. The van der Waals surface area contributed by atoms with Gasteiger partial charge in [0.05, 0.1) is 18.3 Å². The van der Waals surface area contributed by atoms with E-state index in [4.69, 9.17) is 9.47 Å². The third-order valence-electron chi connectivity index (χ3n) is 2.35. The van der Waals surface area contributed by atoms with Gasteiger partial charge in [-0.3, -0.25) is 4.79 Å². The van der Waals surface area contributed by atoms with E-state index in [2.05, 4.69) is 20.8 Å². The molecule has 3 nitrogen and oxygen atoms in total. The molecule has 1 saturated heterocycles. The second-order valence-electron chi connectivity index (χ2n) is 5.48. The maximum Gasteiger partial charge on any atom is 0.311 e. The first kappa shape index (κ1) is 13.8. The molecule has 0 spiro atoms. The summed E-state index contributed by atoms with van der Waals surface area (Å²) in [5.74, 6) is 1.55. The van der Waals surface area contributed by atoms with Crippen molar-refractivity contribution in [1.82, 2.24) is 0 Å². The molecule has 0 aliphatic carbocycles. The van der Waals surface area contributed by atoms with Crippen molar-refractivity contribution in [3.63, 3.8) is 0 Å². The number of hydrogen-bond acceptors (Lipinski definition) is 4. The normalized spacial score (nSPS) is 23.9. The molecule has 0 radical (unpaired) electrons. The molecule has 0 bridgehead atoms. The molecule has 16 heavy (non-hydrogen) atoms. The minimum atomic E-state index is -0.339. The Morgan fingerprint density at radius 3 is 2.75 bits per heavy atom. The minimum Gasteiger partial charge on any atom is -0.435 e. The molecule has 2 unspecified atom stereocenters. The van der Waals surface area contributed by atoms with Gasteiger partial charge in [-0.15, -0.1) is 0 Å². The summed E-state index contributed by atoms with van der Waals surface area (Å²) < 4.78 is 10.7. The molecule has 0 aromatic rings. The Labute approximate surface area is 102 Å². The molecular weight excluding hydrogens is 224 g/mol. The van der Waals surface area contributed by atoms with Gasteiger partial charge in [-0.1, -0.05) is 27.7 Å². The van der Waals surface area contributed by atoms with Crippen LogP contribution >= 0.6 is 11.8 Å². The predicted molar refractivity (Wildman–Crippen MR) is 66.4 cm³/mol. The Morgan fingerprint density at radius 2 is 2.25 bits per heavy atom. The molecule has 0 N–H and O–H groups in total. The van der Waals surface area contributed by atoms with Crippen LogP contribution in [0.25, 0.3) is 0 Å². The maximum atomic E-state index is 11.8. The number of hydrogen-bond donors (Lipinski definition) is 0. The molecule has 1 heterocycles. The summed E-state index contributed by atoms with van der Waals surface area (Å²) in [5, 5.41) is 0. The Bertz CT molecular complexity index is 229. The van der Waals surface area contributed by atoms with Crippen LogP contribution in [0.1, 0.15) is 34.1 Å². The van der Waals surface area contributed by atoms with Crippen molar-refractivity contribution in [2.45, 2.75) is 40.4 Å². The second kappa shape index (κ2) is 5.92. The summed E-state index contributed by atoms with van der Waals surface area (Å²) in [6.45, 7) is 8.98. The van der Waals surface area contributed by atoms with Crippen LogP contribution in [0.3, 0.4) is 0 Å². The lowest BCUT2D eigenvalue weighted by molar-refractivity contribution is -0.178. The fourth-order valence-electron chi connectivity index (χ4n) is 1.78. The van der Waals surface area contributed by atoms with Crippen molar-refractivity contribution < 1.29 is 14.3 Å². The topological polar surface area (TPSA) is 35.5 Å². The summed E-state index contributed by atoms with van der Waals surface area (Å²) >= 11 is 1.77. The Balaban J connectivity index is 2.33. The summed E-state index contributed by atoms with van der Waals surface area (Å²) in [5.41, 5.74) is 0.153. The zero-order chi connectivity index (χ0) is 12.2. The molecule has 0 saturated carbocycles. The second-order valence-corrected chi connectivity index (χ2v) is 6.63. The summed E-state index contributed by atoms with van der Waals surface area (Å²) in [4.78, 5) is 11.8. The number of ether oxygens (including phenoxy) is 2. The average molecular weight is 246 g/mol. The van der Waals surface area contributed by atoms with Crippen LogP contribution in [-0.2, 0) is 14.3 Å². The summed E-state index contributed by atoms with van der Waals surface area (Å²) in [7, 11) is 0. The maximum absolute atomic E-state index is 11.8. The lowest BCUT2D eigenvalue weighted by Crippen LogP contribution is -2.31. The Kier molecular flexibility index (Phi) is 5.12. The van der Waals surface area contributed by atoms with Gasteiger partial charge in [0.25, 0.3) is 0 Å². The smallest absolute Gasteiger partial charge is 0.311 e. The molecular formula is C12H22O3S. The van der Waals surface area contributed by atoms with Crippen molar-refractivity contribution in [1.29, 1.82) is 0 Å². The Morgan fingerprint density at radius 1 is 1.56 bits per heavy atom. The molecule has 4 heteroatoms. The van der Waals surface area contributed by atoms with Crippen molar-refractivity contribution >= 4 is 17.7 Å². The standard InChI is InChI=1S/C12H22O3S/c1-9(7-12(2,3)4)11(13)15-10-8-16-6-5-14-10/h9-10H,5-8H2,1-4H3. The van der Waals surface area contributed by atoms with E-state index in [1.807, 2.05) is 6.92 Å². The third-order valence-corrected chi connectivity index (χ3v) is 3.32. The van der Waals surface area contributed by atoms with Gasteiger partial charge in [0, 0.05) is 5.75 Å². The third kappa shape index (κ3) is 5.21. The van der Waals surface area contributed by atoms with Crippen LogP contribution in [0.4, 0.5) is 0 Å². The molecule has 1 aliphatic rings. The highest BCUT2D eigenvalue weighted by atomic mass is 32.2. The Hall–Kier alpha value is -0.220. The van der Waals surface area contributed by atoms with E-state index in [1.165, 1.54) is 0 Å². The largest absolute Gasteiger partial charge is 0.435 e. The molecule has 0 amide bonds. The minimum absolute atomic E-state index is 0.0597. The monoisotopic (exact) mass is 246 g/mol. The molecule has 1 aliphatic heterocycles. The van der Waals surface area contributed by atoms with Crippen LogP contribution in [0.15, 0.2) is 0 Å². The first-order valence-corrected chi connectivity index (χ1v) is 6.94. The lowest BCUT2D eigenvalue weighted by Gasteiger charge is -2.26. The van der Waals surface area contributed by atoms with Crippen LogP contribution in [0.2, 0.25) is 0 Å². The molecule has 2 atom stereocenters. The number of thioether (sulfide) groups is 1. The van der Waals surface area contributed by atoms with E-state index in [-0.39, 0.29) is 23.6 Å². The number of carbonyl (C=O) groups excluding carboxylic acids is 1. The van der Waals surface area contributed by atoms with Crippen molar-refractivity contribution in [3.8, 4) is 0 Å². The zero-order valence-electron chi connectivity index (χ0n) is 10.6. The molecule has 94 valence electrons. The summed E-state index contributed by atoms with van der Waals surface area (Å²) in [6, 6.07) is 0. The first-order valence-electron chi connectivity index (χ1n) is 5.78. The van der Waals surface area contributed by atoms with Crippen LogP contribution in [0, 0.1) is 11.3 Å². The highest BCUT2D eigenvalue weighted by Crippen LogP contribution is 2.25. The number of carbonyl (C=O) groups is 1. The van der Waals surface area contributed by atoms with Gasteiger partial charge in [0.2, 0.25) is 6.29 Å². The number of esters is 1. The van der Waals surface area contributed by atoms with Crippen LogP contribution in [-0.4, -0.2) is 30.4 Å². The van der Waals surface area contributed by atoms with Gasteiger partial charge in [-0.25, -0.2) is 0 Å². The van der Waals surface area contributed by atoms with Gasteiger partial charge in [0.1, 0.15) is 0 Å². The van der Waals surface area contributed by atoms with Gasteiger partial charge in [-0.2, -0.15) is 11.8 Å². The van der Waals surface area contributed by atoms with E-state index in [1.54, 1.807) is 11.8 Å². The quantitative estimate of drug-likeness (QED) is 0.717. The van der Waals surface area contributed by atoms with Crippen molar-refractivity contribution in [2.24, 2.45) is 11.3 Å². The highest BCUT2D eigenvalue weighted by molar-refractivity contribution is 7.99. The zero-order valence-corrected chi connectivity index (χ0v) is 11.4. The lowest BCUT2D eigenvalue weighted by atomic mass is 9.85. The van der Waals surface area contributed by atoms with Gasteiger partial charge >= 0.3 is 5.97 Å². The van der Waals surface area contributed by atoms with E-state index in [0.29, 0.717) is 6.61 Å². The van der Waals surface area contributed by atoms with Gasteiger partial charge in [-0.05, 0) is 11.8 Å². The van der Waals surface area contributed by atoms with Gasteiger partial charge in [0.15, 0.2) is 0 Å². The number of rotatable bonds is 3. The van der Waals surface area contributed by atoms with Crippen molar-refractivity contribution in [2.75, 3.05) is 18.1 Å². The van der Waals surface area contributed by atoms with Crippen molar-refractivity contribution in [3.05, 3.63) is 0 Å². The van der Waals surface area contributed by atoms with E-state index in [0.717, 1.165) is 17.9 Å². The highest BCUT2D eigenvalue weighted by Gasteiger charge is 2.25. The first-order chi connectivity index (χ1) is 7.38. The molecule has 1 rings (SSSR count). The van der Waals surface area contributed by atoms with E-state index in [9.17, 15) is 4.79 Å². The van der Waals surface area contributed by atoms with E-state index < -0.39 is 0 Å². The summed E-state index contributed by atoms with van der Waals surface area (Å²) in [6.07, 6.45) is 0.500. The van der Waals surface area contributed by atoms with Crippen LogP contribution < -0.4 is 0 Å². The van der Waals surface area contributed by atoms with Gasteiger partial charge < -0.3 is 9.47 Å². The fraction of sp³-hybridized carbons (Fsp3) is 0.917. The van der Waals surface area contributed by atoms with Crippen LogP contribution in [0.5, 0.6) is 0 Å². The SMILES string of the molecule is CC(CC(C)(C)C)C(=O)OC1CSCCO1. The van der Waals surface area contributed by atoms with E-state index >= 15 is 0 Å². The average Bonchev–Trinajstić information content (AvgIpc) is 2.16. The fourth-order valence-corrected chi connectivity index (χ4v) is 2.52.